The first-order valence-electron chi connectivity index (χ1n) is 6.86. The van der Waals surface area contributed by atoms with Crippen molar-refractivity contribution in [2.75, 3.05) is 19.6 Å². The molecule has 3 heteroatoms. The zero-order valence-corrected chi connectivity index (χ0v) is 11.6. The van der Waals surface area contributed by atoms with Crippen molar-refractivity contribution in [1.82, 2.24) is 10.2 Å². The molecule has 0 radical (unpaired) electrons. The number of nitrogens with one attached hydrogen (secondary N) is 1. The molecule has 0 spiro atoms. The Hall–Kier alpha value is -0.380. The average molecular weight is 252 g/mol. The molecule has 1 aliphatic rings. The van der Waals surface area contributed by atoms with E-state index in [2.05, 4.69) is 34.7 Å². The van der Waals surface area contributed by atoms with Crippen LogP contribution in [0.5, 0.6) is 0 Å². The summed E-state index contributed by atoms with van der Waals surface area (Å²) in [6, 6.07) is 5.10. The van der Waals surface area contributed by atoms with Gasteiger partial charge in [0.25, 0.3) is 0 Å². The molecule has 1 unspecified atom stereocenters. The van der Waals surface area contributed by atoms with E-state index >= 15 is 0 Å². The van der Waals surface area contributed by atoms with Gasteiger partial charge in [-0.25, -0.2) is 0 Å². The molecule has 17 heavy (non-hydrogen) atoms. The van der Waals surface area contributed by atoms with Gasteiger partial charge in [-0.1, -0.05) is 25.8 Å². The summed E-state index contributed by atoms with van der Waals surface area (Å²) >= 11 is 1.87. The number of rotatable bonds is 5. The van der Waals surface area contributed by atoms with Crippen LogP contribution in [0.25, 0.3) is 0 Å². The van der Waals surface area contributed by atoms with Crippen LogP contribution < -0.4 is 5.32 Å². The molecular weight excluding hydrogens is 228 g/mol. The Morgan fingerprint density at radius 3 is 3.12 bits per heavy atom. The average Bonchev–Trinajstić information content (AvgIpc) is 2.71. The number of hydrogen-bond donors (Lipinski definition) is 1. The summed E-state index contributed by atoms with van der Waals surface area (Å²) in [5.41, 5.74) is 0. The van der Waals surface area contributed by atoms with E-state index in [1.54, 1.807) is 0 Å². The normalized spacial score (nSPS) is 21.6. The Balaban J connectivity index is 1.81. The van der Waals surface area contributed by atoms with Gasteiger partial charge in [0.2, 0.25) is 0 Å². The van der Waals surface area contributed by atoms with Crippen molar-refractivity contribution >= 4 is 11.3 Å². The number of hydrogen-bond acceptors (Lipinski definition) is 3. The van der Waals surface area contributed by atoms with E-state index in [1.165, 1.54) is 43.6 Å². The molecule has 0 saturated carbocycles. The van der Waals surface area contributed by atoms with Gasteiger partial charge in [0, 0.05) is 24.0 Å². The second-order valence-corrected chi connectivity index (χ2v) is 5.94. The maximum atomic E-state index is 3.69. The van der Waals surface area contributed by atoms with E-state index in [1.807, 2.05) is 11.3 Å². The van der Waals surface area contributed by atoms with Crippen LogP contribution in [0.1, 0.15) is 37.5 Å². The van der Waals surface area contributed by atoms with Crippen LogP contribution in [0.2, 0.25) is 0 Å². The third-order valence-corrected chi connectivity index (χ3v) is 4.41. The minimum Gasteiger partial charge on any atom is -0.313 e. The van der Waals surface area contributed by atoms with Crippen LogP contribution in [0.4, 0.5) is 0 Å². The van der Waals surface area contributed by atoms with Crippen LogP contribution in [-0.4, -0.2) is 30.6 Å². The quantitative estimate of drug-likeness (QED) is 0.866. The molecule has 0 amide bonds. The van der Waals surface area contributed by atoms with Gasteiger partial charge >= 0.3 is 0 Å². The van der Waals surface area contributed by atoms with Gasteiger partial charge in [-0.05, 0) is 37.4 Å². The molecule has 1 saturated heterocycles. The summed E-state index contributed by atoms with van der Waals surface area (Å²) in [7, 11) is 0. The number of nitrogens with zero attached hydrogens (tertiary/aromatic N) is 1. The van der Waals surface area contributed by atoms with Crippen molar-refractivity contribution in [2.24, 2.45) is 0 Å². The Kier molecular flexibility index (Phi) is 5.49. The highest BCUT2D eigenvalue weighted by Gasteiger charge is 2.15. The molecule has 2 nitrogen and oxygen atoms in total. The van der Waals surface area contributed by atoms with Gasteiger partial charge < -0.3 is 5.32 Å². The first-order chi connectivity index (χ1) is 8.38. The highest BCUT2D eigenvalue weighted by Crippen LogP contribution is 2.14. The molecule has 2 rings (SSSR count). The van der Waals surface area contributed by atoms with Crippen molar-refractivity contribution in [3.05, 3.63) is 22.4 Å². The Bertz CT molecular complexity index is 289. The molecule has 1 aromatic heterocycles. The van der Waals surface area contributed by atoms with Gasteiger partial charge in [0.15, 0.2) is 0 Å². The van der Waals surface area contributed by atoms with Gasteiger partial charge in [0.05, 0.1) is 0 Å². The Labute approximate surface area is 109 Å². The van der Waals surface area contributed by atoms with E-state index < -0.39 is 0 Å². The zero-order chi connectivity index (χ0) is 11.9. The number of likely N-dealkylation sites (N-methyl/N-ethyl adjacent to an activating group) is 1. The van der Waals surface area contributed by atoms with Gasteiger partial charge in [-0.15, -0.1) is 11.3 Å². The minimum atomic E-state index is 0.706. The molecule has 0 aromatic carbocycles. The third-order valence-electron chi connectivity index (χ3n) is 3.55. The second kappa shape index (κ2) is 7.14. The molecule has 1 fully saturated rings. The third kappa shape index (κ3) is 4.41. The summed E-state index contributed by atoms with van der Waals surface area (Å²) in [5, 5.41) is 5.86. The predicted octanol–water partition coefficient (Wildman–Crippen LogP) is 3.10. The molecule has 1 atom stereocenters. The van der Waals surface area contributed by atoms with Gasteiger partial charge in [-0.2, -0.15) is 0 Å². The van der Waals surface area contributed by atoms with E-state index in [0.29, 0.717) is 6.04 Å². The maximum absolute atomic E-state index is 3.69. The lowest BCUT2D eigenvalue weighted by Gasteiger charge is -2.25. The first kappa shape index (κ1) is 13.1. The summed E-state index contributed by atoms with van der Waals surface area (Å²) in [6.07, 6.45) is 5.50. The van der Waals surface area contributed by atoms with E-state index in [-0.39, 0.29) is 0 Å². The smallest absolute Gasteiger partial charge is 0.0328 e. The molecule has 1 aromatic rings. The van der Waals surface area contributed by atoms with Gasteiger partial charge in [0.1, 0.15) is 0 Å². The van der Waals surface area contributed by atoms with Crippen molar-refractivity contribution in [2.45, 2.75) is 45.2 Å². The summed E-state index contributed by atoms with van der Waals surface area (Å²) in [6.45, 7) is 6.95. The standard InChI is InChI=1S/C14H24N2S/c1-2-16(12-14-8-6-10-17-14)11-13-7-4-3-5-9-15-13/h6,8,10,13,15H,2-5,7,9,11-12H2,1H3. The molecule has 2 heterocycles. The van der Waals surface area contributed by atoms with Crippen molar-refractivity contribution in [3.8, 4) is 0 Å². The van der Waals surface area contributed by atoms with Crippen LogP contribution in [-0.2, 0) is 6.54 Å². The number of thiophene rings is 1. The maximum Gasteiger partial charge on any atom is 0.0328 e. The van der Waals surface area contributed by atoms with Crippen LogP contribution >= 0.6 is 11.3 Å². The lowest BCUT2D eigenvalue weighted by atomic mass is 10.1. The highest BCUT2D eigenvalue weighted by atomic mass is 32.1. The first-order valence-corrected chi connectivity index (χ1v) is 7.74. The molecule has 0 aliphatic carbocycles. The summed E-state index contributed by atoms with van der Waals surface area (Å²) in [4.78, 5) is 4.05. The van der Waals surface area contributed by atoms with E-state index in [0.717, 1.165) is 13.1 Å². The van der Waals surface area contributed by atoms with Crippen molar-refractivity contribution < 1.29 is 0 Å². The summed E-state index contributed by atoms with van der Waals surface area (Å²) < 4.78 is 0. The van der Waals surface area contributed by atoms with Gasteiger partial charge in [-0.3, -0.25) is 4.90 Å². The molecule has 1 N–H and O–H groups in total. The topological polar surface area (TPSA) is 15.3 Å². The molecular formula is C14H24N2S. The van der Waals surface area contributed by atoms with Crippen molar-refractivity contribution in [1.29, 1.82) is 0 Å². The van der Waals surface area contributed by atoms with Crippen LogP contribution in [0.3, 0.4) is 0 Å². The highest BCUT2D eigenvalue weighted by molar-refractivity contribution is 7.09. The monoisotopic (exact) mass is 252 g/mol. The van der Waals surface area contributed by atoms with Crippen molar-refractivity contribution in [3.63, 3.8) is 0 Å². The largest absolute Gasteiger partial charge is 0.313 e. The van der Waals surface area contributed by atoms with Crippen LogP contribution in [0, 0.1) is 0 Å². The fourth-order valence-corrected chi connectivity index (χ4v) is 3.24. The molecule has 96 valence electrons. The summed E-state index contributed by atoms with van der Waals surface area (Å²) in [5.74, 6) is 0. The van der Waals surface area contributed by atoms with Crippen LogP contribution in [0.15, 0.2) is 17.5 Å². The molecule has 0 bridgehead atoms. The zero-order valence-electron chi connectivity index (χ0n) is 10.8. The fraction of sp³-hybridized carbons (Fsp3) is 0.714. The molecule has 1 aliphatic heterocycles. The fourth-order valence-electron chi connectivity index (χ4n) is 2.50. The van der Waals surface area contributed by atoms with E-state index in [9.17, 15) is 0 Å². The minimum absolute atomic E-state index is 0.706. The predicted molar refractivity (Wildman–Crippen MR) is 75.5 cm³/mol. The lowest BCUT2D eigenvalue weighted by Crippen LogP contribution is -2.40. The van der Waals surface area contributed by atoms with E-state index in [4.69, 9.17) is 0 Å². The Morgan fingerprint density at radius 1 is 1.41 bits per heavy atom. The Morgan fingerprint density at radius 2 is 2.35 bits per heavy atom. The lowest BCUT2D eigenvalue weighted by molar-refractivity contribution is 0.244. The second-order valence-electron chi connectivity index (χ2n) is 4.91. The SMILES string of the molecule is CCN(Cc1cccs1)CC1CCCCCN1.